The van der Waals surface area contributed by atoms with Crippen LogP contribution in [0, 0.1) is 10.8 Å². The average Bonchev–Trinajstić information content (AvgIpc) is 2.91. The Labute approximate surface area is 155 Å². The third-order valence-electron chi connectivity index (χ3n) is 4.26. The number of hydrogen-bond donors (Lipinski definition) is 1. The van der Waals surface area contributed by atoms with E-state index in [1.165, 1.54) is 5.56 Å². The first kappa shape index (κ1) is 18.4. The highest BCUT2D eigenvalue weighted by Crippen LogP contribution is 2.35. The Hall–Kier alpha value is -2.36. The van der Waals surface area contributed by atoms with Crippen LogP contribution in [-0.2, 0) is 12.8 Å². The van der Waals surface area contributed by atoms with Crippen molar-refractivity contribution in [1.82, 2.24) is 15.0 Å². The molecule has 1 heterocycles. The maximum atomic E-state index is 11.0. The Morgan fingerprint density at radius 3 is 2.23 bits per heavy atom. The van der Waals surface area contributed by atoms with E-state index in [2.05, 4.69) is 57.9 Å². The monoisotopic (exact) mass is 351 g/mol. The molecular weight excluding hydrogens is 322 g/mol. The summed E-state index contributed by atoms with van der Waals surface area (Å²) in [5.74, 6) is 0.299. The van der Waals surface area contributed by atoms with Crippen molar-refractivity contribution >= 4 is 11.0 Å². The van der Waals surface area contributed by atoms with Gasteiger partial charge < -0.3 is 5.11 Å². The molecule has 0 amide bonds. The van der Waals surface area contributed by atoms with Crippen molar-refractivity contribution in [2.75, 3.05) is 0 Å². The Morgan fingerprint density at radius 1 is 0.923 bits per heavy atom. The standard InChI is InChI=1S/C22H29N3O/c1-21(2,3)13-15-11-16(14-22(4,5)6)20(26)19(12-15)25-18-10-8-7-9-17(18)23-24-25/h7-12,26H,13-14H2,1-6H3. The summed E-state index contributed by atoms with van der Waals surface area (Å²) in [6, 6.07) is 12.0. The second-order valence-corrected chi connectivity index (χ2v) is 9.59. The average molecular weight is 351 g/mol. The highest BCUT2D eigenvalue weighted by atomic mass is 16.3. The van der Waals surface area contributed by atoms with Gasteiger partial charge in [-0.05, 0) is 53.0 Å². The fraction of sp³-hybridized carbons (Fsp3) is 0.455. The lowest BCUT2D eigenvalue weighted by atomic mass is 9.84. The first-order valence-corrected chi connectivity index (χ1v) is 9.19. The molecule has 3 rings (SSSR count). The molecule has 0 bridgehead atoms. The number of fused-ring (bicyclic) bond motifs is 1. The van der Waals surface area contributed by atoms with Crippen LogP contribution in [0.3, 0.4) is 0 Å². The minimum atomic E-state index is 0.0829. The fourth-order valence-electron chi connectivity index (χ4n) is 3.37. The third-order valence-corrected chi connectivity index (χ3v) is 4.26. The first-order chi connectivity index (χ1) is 12.0. The van der Waals surface area contributed by atoms with Gasteiger partial charge in [0, 0.05) is 0 Å². The Kier molecular flexibility index (Phi) is 4.55. The lowest BCUT2D eigenvalue weighted by Gasteiger charge is -2.23. The quantitative estimate of drug-likeness (QED) is 0.696. The number of phenols is 1. The molecule has 4 heteroatoms. The van der Waals surface area contributed by atoms with Gasteiger partial charge >= 0.3 is 0 Å². The van der Waals surface area contributed by atoms with Crippen molar-refractivity contribution in [3.63, 3.8) is 0 Å². The van der Waals surface area contributed by atoms with Gasteiger partial charge in [-0.15, -0.1) is 5.10 Å². The highest BCUT2D eigenvalue weighted by Gasteiger charge is 2.21. The van der Waals surface area contributed by atoms with E-state index in [-0.39, 0.29) is 10.8 Å². The molecule has 0 unspecified atom stereocenters. The van der Waals surface area contributed by atoms with Crippen LogP contribution < -0.4 is 0 Å². The van der Waals surface area contributed by atoms with Gasteiger partial charge in [-0.25, -0.2) is 4.68 Å². The van der Waals surface area contributed by atoms with Gasteiger partial charge in [0.05, 0.1) is 5.52 Å². The van der Waals surface area contributed by atoms with Crippen LogP contribution in [0.15, 0.2) is 36.4 Å². The second kappa shape index (κ2) is 6.42. The molecule has 0 saturated carbocycles. The minimum Gasteiger partial charge on any atom is -0.505 e. The largest absolute Gasteiger partial charge is 0.505 e. The number of nitrogens with zero attached hydrogens (tertiary/aromatic N) is 3. The maximum absolute atomic E-state index is 11.0. The summed E-state index contributed by atoms with van der Waals surface area (Å²) < 4.78 is 1.75. The van der Waals surface area contributed by atoms with Crippen LogP contribution >= 0.6 is 0 Å². The molecule has 0 spiro atoms. The van der Waals surface area contributed by atoms with E-state index in [0.717, 1.165) is 29.4 Å². The van der Waals surface area contributed by atoms with E-state index >= 15 is 0 Å². The van der Waals surface area contributed by atoms with Crippen LogP contribution in [0.2, 0.25) is 0 Å². The minimum absolute atomic E-state index is 0.0829. The molecular formula is C22H29N3O. The summed E-state index contributed by atoms with van der Waals surface area (Å²) in [6.07, 6.45) is 1.74. The van der Waals surface area contributed by atoms with Crippen molar-refractivity contribution in [2.45, 2.75) is 54.4 Å². The topological polar surface area (TPSA) is 50.9 Å². The van der Waals surface area contributed by atoms with Crippen LogP contribution in [0.25, 0.3) is 16.7 Å². The van der Waals surface area contributed by atoms with Crippen LogP contribution in [0.4, 0.5) is 0 Å². The van der Waals surface area contributed by atoms with Crippen LogP contribution in [0.1, 0.15) is 52.7 Å². The van der Waals surface area contributed by atoms with E-state index in [1.54, 1.807) is 4.68 Å². The zero-order valence-corrected chi connectivity index (χ0v) is 16.7. The summed E-state index contributed by atoms with van der Waals surface area (Å²) in [7, 11) is 0. The number of phenolic OH excluding ortho intramolecular Hbond substituents is 1. The van der Waals surface area contributed by atoms with E-state index in [4.69, 9.17) is 0 Å². The number of aromatic hydroxyl groups is 1. The molecule has 0 aliphatic heterocycles. The molecule has 1 aromatic heterocycles. The first-order valence-electron chi connectivity index (χ1n) is 9.19. The normalized spacial score (nSPS) is 12.7. The van der Waals surface area contributed by atoms with Crippen molar-refractivity contribution in [3.05, 3.63) is 47.5 Å². The van der Waals surface area contributed by atoms with Crippen molar-refractivity contribution in [2.24, 2.45) is 10.8 Å². The van der Waals surface area contributed by atoms with E-state index in [1.807, 2.05) is 30.3 Å². The maximum Gasteiger partial charge on any atom is 0.144 e. The number of benzene rings is 2. The van der Waals surface area contributed by atoms with E-state index < -0.39 is 0 Å². The molecule has 0 radical (unpaired) electrons. The molecule has 0 aliphatic carbocycles. The molecule has 1 N–H and O–H groups in total. The Morgan fingerprint density at radius 2 is 1.58 bits per heavy atom. The molecule has 3 aromatic rings. The predicted octanol–water partition coefficient (Wildman–Crippen LogP) is 5.30. The second-order valence-electron chi connectivity index (χ2n) is 9.59. The van der Waals surface area contributed by atoms with E-state index in [9.17, 15) is 5.11 Å². The lowest BCUT2D eigenvalue weighted by molar-refractivity contribution is 0.390. The smallest absolute Gasteiger partial charge is 0.144 e. The molecule has 0 aliphatic rings. The van der Waals surface area contributed by atoms with Gasteiger partial charge in [0.2, 0.25) is 0 Å². The summed E-state index contributed by atoms with van der Waals surface area (Å²) in [5.41, 5.74) is 4.86. The Bertz CT molecular complexity index is 927. The number of para-hydroxylation sites is 1. The lowest BCUT2D eigenvalue weighted by Crippen LogP contribution is -2.13. The summed E-state index contributed by atoms with van der Waals surface area (Å²) in [4.78, 5) is 0. The van der Waals surface area contributed by atoms with Crippen molar-refractivity contribution in [3.8, 4) is 11.4 Å². The predicted molar refractivity (Wildman–Crippen MR) is 107 cm³/mol. The third kappa shape index (κ3) is 4.06. The van der Waals surface area contributed by atoms with Gasteiger partial charge in [-0.2, -0.15) is 0 Å². The van der Waals surface area contributed by atoms with Gasteiger partial charge in [-0.3, -0.25) is 0 Å². The molecule has 138 valence electrons. The number of rotatable bonds is 3. The number of aromatic nitrogens is 3. The van der Waals surface area contributed by atoms with Gasteiger partial charge in [-0.1, -0.05) is 65.0 Å². The fourth-order valence-corrected chi connectivity index (χ4v) is 3.37. The highest BCUT2D eigenvalue weighted by molar-refractivity contribution is 5.77. The zero-order valence-electron chi connectivity index (χ0n) is 16.7. The van der Waals surface area contributed by atoms with Crippen LogP contribution in [-0.4, -0.2) is 20.1 Å². The molecule has 0 fully saturated rings. The summed E-state index contributed by atoms with van der Waals surface area (Å²) in [6.45, 7) is 13.3. The summed E-state index contributed by atoms with van der Waals surface area (Å²) in [5, 5.41) is 19.6. The zero-order chi connectivity index (χ0) is 19.1. The SMILES string of the molecule is CC(C)(C)Cc1cc(CC(C)(C)C)c(O)c(-n2nnc3ccccc32)c1. The molecule has 0 atom stereocenters. The van der Waals surface area contributed by atoms with Gasteiger partial charge in [0.15, 0.2) is 0 Å². The van der Waals surface area contributed by atoms with Crippen LogP contribution in [0.5, 0.6) is 5.75 Å². The van der Waals surface area contributed by atoms with Crippen molar-refractivity contribution in [1.29, 1.82) is 0 Å². The number of hydrogen-bond acceptors (Lipinski definition) is 3. The molecule has 4 nitrogen and oxygen atoms in total. The molecule has 0 saturated heterocycles. The van der Waals surface area contributed by atoms with Gasteiger partial charge in [0.25, 0.3) is 0 Å². The van der Waals surface area contributed by atoms with Gasteiger partial charge in [0.1, 0.15) is 17.0 Å². The molecule has 2 aromatic carbocycles. The Balaban J connectivity index is 2.19. The van der Waals surface area contributed by atoms with Crippen molar-refractivity contribution < 1.29 is 5.11 Å². The molecule has 26 heavy (non-hydrogen) atoms. The summed E-state index contributed by atoms with van der Waals surface area (Å²) >= 11 is 0. The van der Waals surface area contributed by atoms with E-state index in [0.29, 0.717) is 11.4 Å².